The van der Waals surface area contributed by atoms with Gasteiger partial charge in [0.15, 0.2) is 11.6 Å². The Morgan fingerprint density at radius 2 is 2.00 bits per heavy atom. The highest BCUT2D eigenvalue weighted by molar-refractivity contribution is 5.68. The van der Waals surface area contributed by atoms with E-state index in [1.165, 1.54) is 13.2 Å². The zero-order valence-electron chi connectivity index (χ0n) is 13.6. The maximum Gasteiger partial charge on any atom is 0.410 e. The normalized spacial score (nSPS) is 12.7. The van der Waals surface area contributed by atoms with E-state index < -0.39 is 11.4 Å². The molecule has 0 aromatic heterocycles. The molecular formula is C16H24FNO3. The van der Waals surface area contributed by atoms with Gasteiger partial charge in [0.1, 0.15) is 5.60 Å². The molecule has 0 radical (unpaired) electrons. The highest BCUT2D eigenvalue weighted by atomic mass is 19.1. The summed E-state index contributed by atoms with van der Waals surface area (Å²) in [5.41, 5.74) is 0.242. The zero-order chi connectivity index (χ0) is 16.2. The Morgan fingerprint density at radius 1 is 1.38 bits per heavy atom. The molecule has 0 heterocycles. The van der Waals surface area contributed by atoms with Crippen molar-refractivity contribution in [2.24, 2.45) is 0 Å². The summed E-state index contributed by atoms with van der Waals surface area (Å²) in [4.78, 5) is 13.8. The Bertz CT molecular complexity index is 497. The Morgan fingerprint density at radius 3 is 2.48 bits per heavy atom. The van der Waals surface area contributed by atoms with Gasteiger partial charge in [0.25, 0.3) is 0 Å². The molecule has 0 aliphatic rings. The number of ether oxygens (including phenoxy) is 2. The number of methoxy groups -OCH3 is 1. The quantitative estimate of drug-likeness (QED) is 0.838. The van der Waals surface area contributed by atoms with Crippen molar-refractivity contribution in [2.45, 2.75) is 46.3 Å². The molecule has 0 spiro atoms. The second kappa shape index (κ2) is 6.78. The Hall–Kier alpha value is -1.78. The van der Waals surface area contributed by atoms with Crippen molar-refractivity contribution >= 4 is 6.09 Å². The molecule has 0 N–H and O–H groups in total. The van der Waals surface area contributed by atoms with Crippen molar-refractivity contribution in [1.82, 2.24) is 4.90 Å². The van der Waals surface area contributed by atoms with Crippen LogP contribution in [0.15, 0.2) is 18.2 Å². The summed E-state index contributed by atoms with van der Waals surface area (Å²) in [7, 11) is 1.41. The highest BCUT2D eigenvalue weighted by Gasteiger charge is 2.26. The lowest BCUT2D eigenvalue weighted by Gasteiger charge is -2.31. The molecule has 4 nitrogen and oxygen atoms in total. The van der Waals surface area contributed by atoms with Crippen molar-refractivity contribution in [3.05, 3.63) is 29.6 Å². The molecule has 1 rings (SSSR count). The van der Waals surface area contributed by atoms with Crippen molar-refractivity contribution in [3.8, 4) is 5.75 Å². The summed E-state index contributed by atoms with van der Waals surface area (Å²) in [5.74, 6) is -0.256. The van der Waals surface area contributed by atoms with E-state index in [1.54, 1.807) is 17.0 Å². The van der Waals surface area contributed by atoms with E-state index >= 15 is 0 Å². The van der Waals surface area contributed by atoms with Gasteiger partial charge in [-0.3, -0.25) is 0 Å². The van der Waals surface area contributed by atoms with Crippen molar-refractivity contribution in [2.75, 3.05) is 13.7 Å². The minimum Gasteiger partial charge on any atom is -0.494 e. The predicted molar refractivity (Wildman–Crippen MR) is 80.0 cm³/mol. The first-order valence-electron chi connectivity index (χ1n) is 7.02. The van der Waals surface area contributed by atoms with Crippen LogP contribution in [0.2, 0.25) is 0 Å². The third-order valence-electron chi connectivity index (χ3n) is 3.09. The Kier molecular flexibility index (Phi) is 5.58. The van der Waals surface area contributed by atoms with Crippen LogP contribution < -0.4 is 4.74 Å². The number of rotatable bonds is 4. The fourth-order valence-electron chi connectivity index (χ4n) is 2.00. The van der Waals surface area contributed by atoms with E-state index in [0.29, 0.717) is 6.54 Å². The first-order valence-corrected chi connectivity index (χ1v) is 7.02. The smallest absolute Gasteiger partial charge is 0.410 e. The molecule has 0 saturated heterocycles. The minimum atomic E-state index is -0.551. The molecule has 1 unspecified atom stereocenters. The van der Waals surface area contributed by atoms with E-state index in [2.05, 4.69) is 0 Å². The molecule has 5 heteroatoms. The van der Waals surface area contributed by atoms with Gasteiger partial charge in [-0.05, 0) is 52.3 Å². The molecular weight excluding hydrogens is 273 g/mol. The maximum absolute atomic E-state index is 13.5. The fourth-order valence-corrected chi connectivity index (χ4v) is 2.00. The summed E-state index contributed by atoms with van der Waals surface area (Å²) in [6.45, 7) is 9.72. The van der Waals surface area contributed by atoms with Gasteiger partial charge in [-0.25, -0.2) is 9.18 Å². The van der Waals surface area contributed by atoms with E-state index in [4.69, 9.17) is 9.47 Å². The van der Waals surface area contributed by atoms with Gasteiger partial charge in [0.2, 0.25) is 0 Å². The number of carbonyl (C=O) groups excluding carboxylic acids is 1. The average molecular weight is 297 g/mol. The molecule has 0 aliphatic heterocycles. The van der Waals surface area contributed by atoms with Crippen LogP contribution in [0, 0.1) is 5.82 Å². The molecule has 1 aromatic rings. The van der Waals surface area contributed by atoms with Crippen LogP contribution in [0.4, 0.5) is 9.18 Å². The second-order valence-electron chi connectivity index (χ2n) is 5.84. The number of amides is 1. The number of halogens is 1. The third kappa shape index (κ3) is 4.62. The lowest BCUT2D eigenvalue weighted by molar-refractivity contribution is 0.0186. The van der Waals surface area contributed by atoms with Gasteiger partial charge in [0, 0.05) is 6.54 Å². The predicted octanol–water partition coefficient (Wildman–Crippen LogP) is 4.15. The van der Waals surface area contributed by atoms with Crippen LogP contribution >= 0.6 is 0 Å². The maximum atomic E-state index is 13.5. The number of benzene rings is 1. The van der Waals surface area contributed by atoms with E-state index in [-0.39, 0.29) is 17.9 Å². The molecule has 0 bridgehead atoms. The summed E-state index contributed by atoms with van der Waals surface area (Å²) < 4.78 is 23.8. The SMILES string of the molecule is CCN(C(=O)OC(C)(C)C)C(C)c1ccc(F)c(OC)c1. The van der Waals surface area contributed by atoms with Crippen LogP contribution in [0.1, 0.15) is 46.2 Å². The van der Waals surface area contributed by atoms with Crippen LogP contribution in [0.5, 0.6) is 5.75 Å². The van der Waals surface area contributed by atoms with Gasteiger partial charge in [0.05, 0.1) is 13.2 Å². The lowest BCUT2D eigenvalue weighted by atomic mass is 10.1. The fraction of sp³-hybridized carbons (Fsp3) is 0.562. The topological polar surface area (TPSA) is 38.8 Å². The van der Waals surface area contributed by atoms with Gasteiger partial charge in [-0.2, -0.15) is 0 Å². The third-order valence-corrected chi connectivity index (χ3v) is 3.09. The van der Waals surface area contributed by atoms with Crippen LogP contribution in [0.25, 0.3) is 0 Å². The second-order valence-corrected chi connectivity index (χ2v) is 5.84. The van der Waals surface area contributed by atoms with Gasteiger partial charge >= 0.3 is 6.09 Å². The molecule has 0 saturated carbocycles. The van der Waals surface area contributed by atoms with Crippen molar-refractivity contribution in [3.63, 3.8) is 0 Å². The summed E-state index contributed by atoms with van der Waals surface area (Å²) in [6, 6.07) is 4.36. The number of carbonyl (C=O) groups is 1. The summed E-state index contributed by atoms with van der Waals surface area (Å²) in [5, 5.41) is 0. The molecule has 1 atom stereocenters. The molecule has 21 heavy (non-hydrogen) atoms. The van der Waals surface area contributed by atoms with Crippen molar-refractivity contribution in [1.29, 1.82) is 0 Å². The standard InChI is InChI=1S/C16H24FNO3/c1-7-18(15(19)21-16(3,4)5)11(2)12-8-9-13(17)14(10-12)20-6/h8-11H,7H2,1-6H3. The highest BCUT2D eigenvalue weighted by Crippen LogP contribution is 2.27. The Labute approximate surface area is 125 Å². The van der Waals surface area contributed by atoms with E-state index in [9.17, 15) is 9.18 Å². The minimum absolute atomic E-state index is 0.166. The zero-order valence-corrected chi connectivity index (χ0v) is 13.6. The molecule has 118 valence electrons. The van der Waals surface area contributed by atoms with E-state index in [0.717, 1.165) is 5.56 Å². The van der Waals surface area contributed by atoms with Crippen LogP contribution in [-0.4, -0.2) is 30.2 Å². The number of hydrogen-bond donors (Lipinski definition) is 0. The summed E-state index contributed by atoms with van der Waals surface area (Å²) in [6.07, 6.45) is -0.388. The molecule has 1 amide bonds. The van der Waals surface area contributed by atoms with Crippen molar-refractivity contribution < 1.29 is 18.7 Å². The first-order chi connectivity index (χ1) is 9.69. The van der Waals surface area contributed by atoms with Crippen LogP contribution in [0.3, 0.4) is 0 Å². The molecule has 0 aliphatic carbocycles. The molecule has 0 fully saturated rings. The average Bonchev–Trinajstić information content (AvgIpc) is 2.37. The van der Waals surface area contributed by atoms with Crippen LogP contribution in [-0.2, 0) is 4.74 Å². The Balaban J connectivity index is 2.98. The van der Waals surface area contributed by atoms with Gasteiger partial charge < -0.3 is 14.4 Å². The van der Waals surface area contributed by atoms with Gasteiger partial charge in [-0.1, -0.05) is 6.07 Å². The summed E-state index contributed by atoms with van der Waals surface area (Å²) >= 11 is 0. The largest absolute Gasteiger partial charge is 0.494 e. The van der Waals surface area contributed by atoms with Gasteiger partial charge in [-0.15, -0.1) is 0 Å². The lowest BCUT2D eigenvalue weighted by Crippen LogP contribution is -2.38. The van der Waals surface area contributed by atoms with E-state index in [1.807, 2.05) is 34.6 Å². The number of nitrogens with zero attached hydrogens (tertiary/aromatic N) is 1. The molecule has 1 aromatic carbocycles. The number of hydrogen-bond acceptors (Lipinski definition) is 3. The first kappa shape index (κ1) is 17.3. The monoisotopic (exact) mass is 297 g/mol.